The molecule has 0 bridgehead atoms. The van der Waals surface area contributed by atoms with Crippen LogP contribution in [0.3, 0.4) is 0 Å². The lowest BCUT2D eigenvalue weighted by molar-refractivity contribution is 0.111. The van der Waals surface area contributed by atoms with Gasteiger partial charge in [0.05, 0.1) is 0 Å². The van der Waals surface area contributed by atoms with Crippen molar-refractivity contribution in [1.29, 1.82) is 0 Å². The number of nitrogens with one attached hydrogen (secondary N) is 1. The molecule has 94 valence electrons. The minimum Gasteiger partial charge on any atom is -0.439 e. The lowest BCUT2D eigenvalue weighted by Crippen LogP contribution is -1.91. The number of ether oxygens (including phenoxy) is 1. The number of carbonyl (C=O) groups is 1. The zero-order chi connectivity index (χ0) is 13.1. The minimum absolute atomic E-state index is 0.348. The third-order valence-corrected chi connectivity index (χ3v) is 2.82. The van der Waals surface area contributed by atoms with E-state index >= 15 is 0 Å². The van der Waals surface area contributed by atoms with Gasteiger partial charge in [-0.2, -0.15) is 5.10 Å². The summed E-state index contributed by atoms with van der Waals surface area (Å²) in [6, 6.07) is 4.88. The van der Waals surface area contributed by atoms with E-state index in [0.717, 1.165) is 5.56 Å². The Hall–Kier alpha value is -1.52. The summed E-state index contributed by atoms with van der Waals surface area (Å²) < 4.78 is 5.60. The topological polar surface area (TPSA) is 55.0 Å². The van der Waals surface area contributed by atoms with Gasteiger partial charge in [0.1, 0.15) is 11.4 Å². The normalized spacial score (nSPS) is 10.4. The molecule has 1 heterocycles. The van der Waals surface area contributed by atoms with Crippen LogP contribution in [-0.2, 0) is 6.42 Å². The second kappa shape index (κ2) is 5.42. The Kier molecular flexibility index (Phi) is 3.89. The molecule has 0 saturated heterocycles. The number of benzene rings is 1. The van der Waals surface area contributed by atoms with Gasteiger partial charge in [0.2, 0.25) is 5.88 Å². The number of aldehydes is 1. The molecule has 2 aromatic rings. The highest BCUT2D eigenvalue weighted by Gasteiger charge is 2.13. The van der Waals surface area contributed by atoms with Gasteiger partial charge in [-0.05, 0) is 24.6 Å². The van der Waals surface area contributed by atoms with Crippen molar-refractivity contribution >= 4 is 29.5 Å². The lowest BCUT2D eigenvalue weighted by Gasteiger charge is -2.06. The molecule has 0 atom stereocenters. The zero-order valence-corrected chi connectivity index (χ0v) is 11.0. The molecule has 0 fully saturated rings. The number of hydrogen-bond donors (Lipinski definition) is 1. The second-order valence-electron chi connectivity index (χ2n) is 3.60. The number of halogens is 2. The smallest absolute Gasteiger partial charge is 0.219 e. The van der Waals surface area contributed by atoms with Gasteiger partial charge in [-0.15, -0.1) is 0 Å². The molecule has 0 saturated carbocycles. The van der Waals surface area contributed by atoms with E-state index in [1.54, 1.807) is 18.2 Å². The quantitative estimate of drug-likeness (QED) is 0.867. The molecule has 0 amide bonds. The minimum atomic E-state index is 0.348. The first kappa shape index (κ1) is 12.9. The molecule has 0 aliphatic heterocycles. The summed E-state index contributed by atoms with van der Waals surface area (Å²) in [4.78, 5) is 10.8. The number of aromatic nitrogens is 2. The van der Waals surface area contributed by atoms with Crippen molar-refractivity contribution in [3.63, 3.8) is 0 Å². The van der Waals surface area contributed by atoms with E-state index in [-0.39, 0.29) is 0 Å². The van der Waals surface area contributed by atoms with Gasteiger partial charge in [-0.25, -0.2) is 5.10 Å². The Morgan fingerprint density at radius 1 is 1.33 bits per heavy atom. The summed E-state index contributed by atoms with van der Waals surface area (Å²) in [7, 11) is 0. The van der Waals surface area contributed by atoms with Gasteiger partial charge < -0.3 is 4.74 Å². The number of nitrogens with zero attached hydrogens (tertiary/aromatic N) is 1. The van der Waals surface area contributed by atoms with Gasteiger partial charge in [-0.1, -0.05) is 30.1 Å². The summed E-state index contributed by atoms with van der Waals surface area (Å²) in [5.41, 5.74) is 1.07. The first-order chi connectivity index (χ1) is 8.63. The fraction of sp³-hybridized carbons (Fsp3) is 0.167. The van der Waals surface area contributed by atoms with E-state index in [4.69, 9.17) is 27.9 Å². The molecule has 6 heteroatoms. The van der Waals surface area contributed by atoms with Gasteiger partial charge in [-0.3, -0.25) is 4.79 Å². The van der Waals surface area contributed by atoms with Gasteiger partial charge in [0.25, 0.3) is 0 Å². The molecule has 1 aromatic carbocycles. The van der Waals surface area contributed by atoms with Crippen molar-refractivity contribution in [3.05, 3.63) is 39.5 Å². The average molecular weight is 285 g/mol. The van der Waals surface area contributed by atoms with E-state index in [9.17, 15) is 4.79 Å². The maximum Gasteiger partial charge on any atom is 0.219 e. The van der Waals surface area contributed by atoms with Crippen LogP contribution in [0.15, 0.2) is 18.2 Å². The summed E-state index contributed by atoms with van der Waals surface area (Å²) in [6.07, 6.45) is 1.32. The Bertz CT molecular complexity index is 561. The zero-order valence-electron chi connectivity index (χ0n) is 9.54. The maximum atomic E-state index is 10.8. The Morgan fingerprint density at radius 2 is 2.00 bits per heavy atom. The van der Waals surface area contributed by atoms with Crippen molar-refractivity contribution < 1.29 is 9.53 Å². The molecule has 0 aliphatic rings. The average Bonchev–Trinajstić information content (AvgIpc) is 2.69. The highest BCUT2D eigenvalue weighted by atomic mass is 35.5. The molecule has 0 unspecified atom stereocenters. The van der Waals surface area contributed by atoms with Crippen LogP contribution in [-0.4, -0.2) is 16.5 Å². The molecule has 0 radical (unpaired) electrons. The van der Waals surface area contributed by atoms with Crippen molar-refractivity contribution in [3.8, 4) is 11.6 Å². The number of aromatic amines is 1. The Balaban J connectivity index is 2.33. The van der Waals surface area contributed by atoms with E-state index < -0.39 is 0 Å². The fourth-order valence-corrected chi connectivity index (χ4v) is 2.10. The molecule has 18 heavy (non-hydrogen) atoms. The molecule has 1 aromatic heterocycles. The molecule has 1 N–H and O–H groups in total. The van der Waals surface area contributed by atoms with Crippen LogP contribution in [0.4, 0.5) is 0 Å². The van der Waals surface area contributed by atoms with Crippen LogP contribution in [0.1, 0.15) is 23.0 Å². The third kappa shape index (κ3) is 2.66. The van der Waals surface area contributed by atoms with E-state index in [1.807, 2.05) is 6.92 Å². The molecular formula is C12H10Cl2N2O2. The number of carbonyl (C=O) groups excluding carboxylic acids is 1. The summed E-state index contributed by atoms with van der Waals surface area (Å²) in [6.45, 7) is 1.91. The van der Waals surface area contributed by atoms with Gasteiger partial charge >= 0.3 is 0 Å². The molecular weight excluding hydrogens is 275 g/mol. The fourth-order valence-electron chi connectivity index (χ4n) is 1.59. The first-order valence-electron chi connectivity index (χ1n) is 5.30. The van der Waals surface area contributed by atoms with Crippen LogP contribution in [0.5, 0.6) is 11.6 Å². The third-order valence-electron chi connectivity index (χ3n) is 2.38. The molecule has 0 aliphatic carbocycles. The standard InChI is InChI=1S/C12H10Cl2N2O2/c1-2-10-11(6-17)15-16-12(10)18-9-4-7(13)3-8(14)5-9/h3-6H,2H2,1H3,(H,15,16). The SMILES string of the molecule is CCc1c(C=O)n[nH]c1Oc1cc(Cl)cc(Cl)c1. The van der Waals surface area contributed by atoms with E-state index in [0.29, 0.717) is 40.1 Å². The lowest BCUT2D eigenvalue weighted by atomic mass is 10.2. The monoisotopic (exact) mass is 284 g/mol. The second-order valence-corrected chi connectivity index (χ2v) is 4.47. The molecule has 2 rings (SSSR count). The van der Waals surface area contributed by atoms with Gasteiger partial charge in [0.15, 0.2) is 6.29 Å². The summed E-state index contributed by atoms with van der Waals surface area (Å²) in [5.74, 6) is 0.918. The predicted octanol–water partition coefficient (Wildman–Crippen LogP) is 3.88. The van der Waals surface area contributed by atoms with Crippen molar-refractivity contribution in [1.82, 2.24) is 10.2 Å². The van der Waals surface area contributed by atoms with Crippen molar-refractivity contribution in [2.75, 3.05) is 0 Å². The Labute approximate surface area is 114 Å². The number of rotatable bonds is 4. The highest BCUT2D eigenvalue weighted by molar-refractivity contribution is 6.34. The van der Waals surface area contributed by atoms with E-state index in [1.165, 1.54) is 0 Å². The summed E-state index contributed by atoms with van der Waals surface area (Å²) >= 11 is 11.8. The highest BCUT2D eigenvalue weighted by Crippen LogP contribution is 2.29. The van der Waals surface area contributed by atoms with Crippen LogP contribution in [0, 0.1) is 0 Å². The van der Waals surface area contributed by atoms with Crippen LogP contribution in [0.25, 0.3) is 0 Å². The van der Waals surface area contributed by atoms with Gasteiger partial charge in [0, 0.05) is 15.6 Å². The van der Waals surface area contributed by atoms with Crippen LogP contribution < -0.4 is 4.74 Å². The van der Waals surface area contributed by atoms with E-state index in [2.05, 4.69) is 10.2 Å². The maximum absolute atomic E-state index is 10.8. The van der Waals surface area contributed by atoms with Crippen LogP contribution in [0.2, 0.25) is 10.0 Å². The number of hydrogen-bond acceptors (Lipinski definition) is 3. The molecule has 0 spiro atoms. The van der Waals surface area contributed by atoms with Crippen LogP contribution >= 0.6 is 23.2 Å². The largest absolute Gasteiger partial charge is 0.439 e. The molecule has 4 nitrogen and oxygen atoms in total. The Morgan fingerprint density at radius 3 is 2.56 bits per heavy atom. The van der Waals surface area contributed by atoms with Crippen molar-refractivity contribution in [2.45, 2.75) is 13.3 Å². The predicted molar refractivity (Wildman–Crippen MR) is 69.9 cm³/mol. The summed E-state index contributed by atoms with van der Waals surface area (Å²) in [5, 5.41) is 7.49. The first-order valence-corrected chi connectivity index (χ1v) is 6.06. The number of H-pyrrole nitrogens is 1. The van der Waals surface area contributed by atoms with Crippen molar-refractivity contribution in [2.24, 2.45) is 0 Å².